The van der Waals surface area contributed by atoms with Crippen molar-refractivity contribution in [2.75, 3.05) is 0 Å². The summed E-state index contributed by atoms with van der Waals surface area (Å²) in [6, 6.07) is 1.53. The fraction of sp³-hybridized carbons (Fsp3) is 1.00. The van der Waals surface area contributed by atoms with Crippen LogP contribution >= 0.6 is 0 Å². The van der Waals surface area contributed by atoms with Crippen LogP contribution in [0.2, 0.25) is 0 Å². The highest BCUT2D eigenvalue weighted by molar-refractivity contribution is 4.94. The maximum Gasteiger partial charge on any atom is 0.0100 e. The van der Waals surface area contributed by atoms with Crippen molar-refractivity contribution in [3.63, 3.8) is 0 Å². The summed E-state index contributed by atoms with van der Waals surface area (Å²) in [5, 5.41) is 3.92. The Kier molecular flexibility index (Phi) is 6.17. The van der Waals surface area contributed by atoms with E-state index >= 15 is 0 Å². The number of hydrogen-bond acceptors (Lipinski definition) is 1. The predicted octanol–water partition coefficient (Wildman–Crippen LogP) is 5.01. The molecule has 0 aromatic rings. The van der Waals surface area contributed by atoms with Gasteiger partial charge in [-0.1, -0.05) is 67.2 Å². The molecule has 0 radical (unpaired) electrons. The van der Waals surface area contributed by atoms with Gasteiger partial charge in [-0.15, -0.1) is 0 Å². The summed E-state index contributed by atoms with van der Waals surface area (Å²) < 4.78 is 0. The van der Waals surface area contributed by atoms with E-state index in [0.29, 0.717) is 5.41 Å². The Morgan fingerprint density at radius 1 is 1.17 bits per heavy atom. The molecule has 0 aromatic carbocycles. The van der Waals surface area contributed by atoms with Crippen LogP contribution in [0.1, 0.15) is 80.1 Å². The molecule has 0 heterocycles. The molecule has 0 bridgehead atoms. The first-order valence-electron chi connectivity index (χ1n) is 8.12. The number of rotatable bonds is 8. The Bertz CT molecular complexity index is 228. The van der Waals surface area contributed by atoms with E-state index in [-0.39, 0.29) is 0 Å². The quantitative estimate of drug-likeness (QED) is 0.600. The van der Waals surface area contributed by atoms with E-state index in [9.17, 15) is 0 Å². The Labute approximate surface area is 115 Å². The van der Waals surface area contributed by atoms with Gasteiger partial charge in [-0.25, -0.2) is 0 Å². The van der Waals surface area contributed by atoms with Crippen LogP contribution < -0.4 is 5.32 Å². The molecule has 18 heavy (non-hydrogen) atoms. The van der Waals surface area contributed by atoms with Gasteiger partial charge in [0.15, 0.2) is 0 Å². The lowest BCUT2D eigenvalue weighted by molar-refractivity contribution is 0.184. The average Bonchev–Trinajstić information content (AvgIpc) is 2.96. The lowest BCUT2D eigenvalue weighted by Gasteiger charge is -2.35. The molecule has 0 amide bonds. The topological polar surface area (TPSA) is 12.0 Å². The molecule has 0 aliphatic heterocycles. The third-order valence-corrected chi connectivity index (χ3v) is 4.88. The van der Waals surface area contributed by atoms with Gasteiger partial charge in [0.25, 0.3) is 0 Å². The zero-order valence-electron chi connectivity index (χ0n) is 13.6. The van der Waals surface area contributed by atoms with E-state index in [0.717, 1.165) is 23.9 Å². The summed E-state index contributed by atoms with van der Waals surface area (Å²) in [4.78, 5) is 0. The van der Waals surface area contributed by atoms with Gasteiger partial charge in [-0.2, -0.15) is 0 Å². The second kappa shape index (κ2) is 6.93. The minimum absolute atomic E-state index is 0.417. The monoisotopic (exact) mass is 253 g/mol. The Balaban J connectivity index is 2.41. The predicted molar refractivity (Wildman–Crippen MR) is 81.9 cm³/mol. The molecule has 1 aliphatic rings. The van der Waals surface area contributed by atoms with E-state index in [4.69, 9.17) is 0 Å². The van der Waals surface area contributed by atoms with Crippen molar-refractivity contribution < 1.29 is 0 Å². The Morgan fingerprint density at radius 2 is 1.78 bits per heavy atom. The van der Waals surface area contributed by atoms with Gasteiger partial charge in [0.2, 0.25) is 0 Å². The lowest BCUT2D eigenvalue weighted by atomic mass is 9.76. The first-order chi connectivity index (χ1) is 8.36. The van der Waals surface area contributed by atoms with E-state index in [2.05, 4.69) is 46.9 Å². The summed E-state index contributed by atoms with van der Waals surface area (Å²) in [6.45, 7) is 14.2. The maximum absolute atomic E-state index is 3.92. The highest BCUT2D eigenvalue weighted by Gasteiger charge is 2.37. The average molecular weight is 253 g/mol. The third-order valence-electron chi connectivity index (χ3n) is 4.88. The van der Waals surface area contributed by atoms with Crippen LogP contribution in [0.15, 0.2) is 0 Å². The van der Waals surface area contributed by atoms with Crippen LogP contribution in [0, 0.1) is 17.3 Å². The molecule has 1 rings (SSSR count). The second-order valence-corrected chi connectivity index (χ2v) is 7.60. The molecule has 0 aromatic heterocycles. The van der Waals surface area contributed by atoms with Crippen LogP contribution in [0.5, 0.6) is 0 Å². The minimum Gasteiger partial charge on any atom is -0.311 e. The van der Waals surface area contributed by atoms with Gasteiger partial charge in [0.1, 0.15) is 0 Å². The van der Waals surface area contributed by atoms with Crippen molar-refractivity contribution in [1.82, 2.24) is 5.32 Å². The van der Waals surface area contributed by atoms with Crippen LogP contribution in [-0.4, -0.2) is 12.1 Å². The van der Waals surface area contributed by atoms with Gasteiger partial charge in [-0.3, -0.25) is 0 Å². The van der Waals surface area contributed by atoms with Crippen molar-refractivity contribution in [3.05, 3.63) is 0 Å². The van der Waals surface area contributed by atoms with Crippen molar-refractivity contribution in [2.24, 2.45) is 17.3 Å². The molecule has 3 unspecified atom stereocenters. The van der Waals surface area contributed by atoms with Gasteiger partial charge in [0.05, 0.1) is 0 Å². The van der Waals surface area contributed by atoms with E-state index in [1.54, 1.807) is 0 Å². The van der Waals surface area contributed by atoms with Crippen molar-refractivity contribution in [2.45, 2.75) is 92.2 Å². The van der Waals surface area contributed by atoms with Crippen molar-refractivity contribution >= 4 is 0 Å². The molecule has 1 aliphatic carbocycles. The fourth-order valence-corrected chi connectivity index (χ4v) is 2.70. The lowest BCUT2D eigenvalue weighted by Crippen LogP contribution is -2.42. The summed E-state index contributed by atoms with van der Waals surface area (Å²) in [5.41, 5.74) is 0.417. The fourth-order valence-electron chi connectivity index (χ4n) is 2.70. The normalized spacial score (nSPS) is 27.0. The minimum atomic E-state index is 0.417. The summed E-state index contributed by atoms with van der Waals surface area (Å²) in [6.07, 6.45) is 8.30. The van der Waals surface area contributed by atoms with E-state index < -0.39 is 0 Å². The molecule has 0 saturated heterocycles. The summed E-state index contributed by atoms with van der Waals surface area (Å²) in [7, 11) is 0. The first kappa shape index (κ1) is 16.0. The van der Waals surface area contributed by atoms with Gasteiger partial charge < -0.3 is 5.32 Å². The number of nitrogens with one attached hydrogen (secondary N) is 1. The SMILES string of the molecule is CCCCCC[C@@H](NC1CC1C)C(C)C(C)(C)C. The molecule has 0 spiro atoms. The largest absolute Gasteiger partial charge is 0.311 e. The standard InChI is InChI=1S/C17H35N/c1-7-8-9-10-11-15(14(3)17(4,5)6)18-16-12-13(16)2/h13-16,18H,7-12H2,1-6H3/t13?,14?,15-,16?/m1/s1. The zero-order chi connectivity index (χ0) is 13.8. The smallest absolute Gasteiger partial charge is 0.0100 e. The van der Waals surface area contributed by atoms with Gasteiger partial charge in [-0.05, 0) is 30.1 Å². The number of hydrogen-bond donors (Lipinski definition) is 1. The third kappa shape index (κ3) is 5.30. The molecule has 1 fully saturated rings. The number of unbranched alkanes of at least 4 members (excludes halogenated alkanes) is 3. The maximum atomic E-state index is 3.92. The second-order valence-electron chi connectivity index (χ2n) is 7.60. The van der Waals surface area contributed by atoms with Crippen LogP contribution in [-0.2, 0) is 0 Å². The highest BCUT2D eigenvalue weighted by Crippen LogP contribution is 2.35. The van der Waals surface area contributed by atoms with E-state index in [1.165, 1.54) is 38.5 Å². The Morgan fingerprint density at radius 3 is 2.22 bits per heavy atom. The molecular weight excluding hydrogens is 218 g/mol. The summed E-state index contributed by atoms with van der Waals surface area (Å²) >= 11 is 0. The molecule has 1 N–H and O–H groups in total. The van der Waals surface area contributed by atoms with Crippen LogP contribution in [0.3, 0.4) is 0 Å². The Hall–Kier alpha value is -0.0400. The molecule has 1 saturated carbocycles. The van der Waals surface area contributed by atoms with Crippen LogP contribution in [0.25, 0.3) is 0 Å². The van der Waals surface area contributed by atoms with Crippen molar-refractivity contribution in [1.29, 1.82) is 0 Å². The van der Waals surface area contributed by atoms with Crippen LogP contribution in [0.4, 0.5) is 0 Å². The van der Waals surface area contributed by atoms with Crippen molar-refractivity contribution in [3.8, 4) is 0 Å². The molecular formula is C17H35N. The highest BCUT2D eigenvalue weighted by atomic mass is 15.0. The van der Waals surface area contributed by atoms with E-state index in [1.807, 2.05) is 0 Å². The van der Waals surface area contributed by atoms with Gasteiger partial charge >= 0.3 is 0 Å². The zero-order valence-corrected chi connectivity index (χ0v) is 13.6. The molecule has 1 nitrogen and oxygen atoms in total. The molecule has 108 valence electrons. The molecule has 1 heteroatoms. The van der Waals surface area contributed by atoms with Gasteiger partial charge in [0, 0.05) is 12.1 Å². The molecule has 4 atom stereocenters. The first-order valence-corrected chi connectivity index (χ1v) is 8.12. The summed E-state index contributed by atoms with van der Waals surface area (Å²) in [5.74, 6) is 1.67.